The lowest BCUT2D eigenvalue weighted by Crippen LogP contribution is -2.08. The molecular weight excluding hydrogens is 320 g/mol. The van der Waals surface area contributed by atoms with E-state index in [-0.39, 0.29) is 18.2 Å². The van der Waals surface area contributed by atoms with Crippen LogP contribution in [-0.2, 0) is 19.0 Å². The van der Waals surface area contributed by atoms with E-state index in [9.17, 15) is 4.79 Å². The molecule has 1 aliphatic rings. The van der Waals surface area contributed by atoms with Gasteiger partial charge in [0.25, 0.3) is 0 Å². The summed E-state index contributed by atoms with van der Waals surface area (Å²) in [7, 11) is 0. The first-order valence-electron chi connectivity index (χ1n) is 8.96. The molecule has 1 aliphatic heterocycles. The average Bonchev–Trinajstić information content (AvgIpc) is 3.42. The fourth-order valence-electron chi connectivity index (χ4n) is 2.52. The largest absolute Gasteiger partial charge is 0.493 e. The van der Waals surface area contributed by atoms with Gasteiger partial charge in [-0.05, 0) is 38.8 Å². The zero-order valence-corrected chi connectivity index (χ0v) is 15.3. The highest BCUT2D eigenvalue weighted by Crippen LogP contribution is 2.31. The molecule has 1 aromatic rings. The molecule has 138 valence electrons. The van der Waals surface area contributed by atoms with Gasteiger partial charge < -0.3 is 18.9 Å². The summed E-state index contributed by atoms with van der Waals surface area (Å²) in [5.74, 6) is 0.650. The molecule has 0 N–H and O–H groups in total. The summed E-state index contributed by atoms with van der Waals surface area (Å²) in [6.07, 6.45) is 5.17. The van der Waals surface area contributed by atoms with Crippen LogP contribution in [0.15, 0.2) is 24.3 Å². The van der Waals surface area contributed by atoms with Crippen LogP contribution in [0.1, 0.15) is 50.8 Å². The summed E-state index contributed by atoms with van der Waals surface area (Å²) in [6.45, 7) is 8.21. The van der Waals surface area contributed by atoms with E-state index in [0.717, 1.165) is 23.5 Å². The Morgan fingerprint density at radius 2 is 2.16 bits per heavy atom. The van der Waals surface area contributed by atoms with Crippen LogP contribution in [0.4, 0.5) is 0 Å². The topological polar surface area (TPSA) is 57.3 Å². The minimum Gasteiger partial charge on any atom is -0.493 e. The number of benzene rings is 1. The third kappa shape index (κ3) is 6.52. The quantitative estimate of drug-likeness (QED) is 0.448. The van der Waals surface area contributed by atoms with Gasteiger partial charge in [0, 0.05) is 12.0 Å². The molecule has 2 rings (SSSR count). The molecule has 5 heteroatoms. The van der Waals surface area contributed by atoms with Gasteiger partial charge in [-0.2, -0.15) is 0 Å². The van der Waals surface area contributed by atoms with Gasteiger partial charge >= 0.3 is 5.97 Å². The van der Waals surface area contributed by atoms with Crippen molar-refractivity contribution in [1.29, 1.82) is 0 Å². The molecule has 0 bridgehead atoms. The standard InChI is InChI=1S/C20H28O5/c1-4-22-19-11-8-10-17(15(3)24-13-16-14-25-16)18(19)9-6-7-12-20(21)23-5-2/h6,8-11,15-16H,4-5,7,12-14H2,1-3H3/b9-6+/t15-,16+/m1/s1. The highest BCUT2D eigenvalue weighted by molar-refractivity contribution is 5.70. The molecule has 0 unspecified atom stereocenters. The summed E-state index contributed by atoms with van der Waals surface area (Å²) in [4.78, 5) is 11.4. The van der Waals surface area contributed by atoms with Gasteiger partial charge in [0.1, 0.15) is 11.9 Å². The van der Waals surface area contributed by atoms with E-state index in [2.05, 4.69) is 0 Å². The van der Waals surface area contributed by atoms with Crippen LogP contribution >= 0.6 is 0 Å². The molecular formula is C20H28O5. The molecule has 25 heavy (non-hydrogen) atoms. The first-order chi connectivity index (χ1) is 12.2. The van der Waals surface area contributed by atoms with Gasteiger partial charge in [-0.1, -0.05) is 24.3 Å². The lowest BCUT2D eigenvalue weighted by atomic mass is 10.0. The first kappa shape index (κ1) is 19.5. The number of rotatable bonds is 11. The smallest absolute Gasteiger partial charge is 0.306 e. The van der Waals surface area contributed by atoms with Crippen molar-refractivity contribution in [3.63, 3.8) is 0 Å². The maximum absolute atomic E-state index is 11.4. The number of carbonyl (C=O) groups excluding carboxylic acids is 1. The van der Waals surface area contributed by atoms with Crippen LogP contribution < -0.4 is 4.74 Å². The molecule has 5 nitrogen and oxygen atoms in total. The number of epoxide rings is 1. The summed E-state index contributed by atoms with van der Waals surface area (Å²) in [6, 6.07) is 5.98. The molecule has 2 atom stereocenters. The highest BCUT2D eigenvalue weighted by atomic mass is 16.6. The van der Waals surface area contributed by atoms with Crippen LogP contribution in [0.2, 0.25) is 0 Å². The lowest BCUT2D eigenvalue weighted by molar-refractivity contribution is -0.142. The van der Waals surface area contributed by atoms with Crippen LogP contribution in [0.25, 0.3) is 6.08 Å². The Morgan fingerprint density at radius 1 is 1.36 bits per heavy atom. The second-order valence-electron chi connectivity index (χ2n) is 5.87. The van der Waals surface area contributed by atoms with Gasteiger partial charge in [-0.15, -0.1) is 0 Å². The zero-order chi connectivity index (χ0) is 18.1. The summed E-state index contributed by atoms with van der Waals surface area (Å²) in [5.41, 5.74) is 2.07. The van der Waals surface area contributed by atoms with Crippen molar-refractivity contribution < 1.29 is 23.7 Å². The Labute approximate surface area is 149 Å². The van der Waals surface area contributed by atoms with E-state index in [1.54, 1.807) is 0 Å². The van der Waals surface area contributed by atoms with E-state index in [0.29, 0.717) is 32.7 Å². The second kappa shape index (κ2) is 10.2. The molecule has 1 fully saturated rings. The van der Waals surface area contributed by atoms with Crippen molar-refractivity contribution in [1.82, 2.24) is 0 Å². The fraction of sp³-hybridized carbons (Fsp3) is 0.550. The number of allylic oxidation sites excluding steroid dienone is 1. The Morgan fingerprint density at radius 3 is 2.84 bits per heavy atom. The summed E-state index contributed by atoms with van der Waals surface area (Å²) >= 11 is 0. The minimum absolute atomic E-state index is 0.0608. The number of hydrogen-bond acceptors (Lipinski definition) is 5. The number of ether oxygens (including phenoxy) is 4. The van der Waals surface area contributed by atoms with Crippen LogP contribution in [-0.4, -0.2) is 38.5 Å². The summed E-state index contributed by atoms with van der Waals surface area (Å²) < 4.78 is 21.8. The van der Waals surface area contributed by atoms with Crippen molar-refractivity contribution in [2.24, 2.45) is 0 Å². The Balaban J connectivity index is 2.06. The van der Waals surface area contributed by atoms with Crippen molar-refractivity contribution in [3.8, 4) is 5.75 Å². The van der Waals surface area contributed by atoms with Gasteiger partial charge in [0.15, 0.2) is 0 Å². The van der Waals surface area contributed by atoms with Crippen molar-refractivity contribution in [2.75, 3.05) is 26.4 Å². The lowest BCUT2D eigenvalue weighted by Gasteiger charge is -2.18. The van der Waals surface area contributed by atoms with Gasteiger partial charge in [0.05, 0.1) is 32.5 Å². The Bertz CT molecular complexity index is 577. The fourth-order valence-corrected chi connectivity index (χ4v) is 2.52. The predicted molar refractivity (Wildman–Crippen MR) is 96.6 cm³/mol. The van der Waals surface area contributed by atoms with E-state index in [1.165, 1.54) is 0 Å². The molecule has 0 aliphatic carbocycles. The SMILES string of the molecule is CCOC(=O)CC/C=C/c1c(OCC)cccc1[C@@H](C)OC[C@H]1CO1. The predicted octanol–water partition coefficient (Wildman–Crippen LogP) is 3.92. The van der Waals surface area contributed by atoms with Gasteiger partial charge in [0.2, 0.25) is 0 Å². The van der Waals surface area contributed by atoms with Crippen LogP contribution in [0, 0.1) is 0 Å². The maximum Gasteiger partial charge on any atom is 0.306 e. The maximum atomic E-state index is 11.4. The Hall–Kier alpha value is -1.85. The molecule has 1 heterocycles. The first-order valence-corrected chi connectivity index (χ1v) is 8.96. The molecule has 0 saturated carbocycles. The van der Waals surface area contributed by atoms with Crippen molar-refractivity contribution >= 4 is 12.0 Å². The zero-order valence-electron chi connectivity index (χ0n) is 15.3. The molecule has 0 aromatic heterocycles. The second-order valence-corrected chi connectivity index (χ2v) is 5.87. The minimum atomic E-state index is -0.174. The highest BCUT2D eigenvalue weighted by Gasteiger charge is 2.24. The average molecular weight is 348 g/mol. The van der Waals surface area contributed by atoms with Crippen LogP contribution in [0.3, 0.4) is 0 Å². The number of hydrogen-bond donors (Lipinski definition) is 0. The van der Waals surface area contributed by atoms with E-state index in [4.69, 9.17) is 18.9 Å². The van der Waals surface area contributed by atoms with Crippen molar-refractivity contribution in [3.05, 3.63) is 35.4 Å². The molecule has 0 spiro atoms. The number of esters is 1. The molecule has 1 saturated heterocycles. The molecule has 0 radical (unpaired) electrons. The summed E-state index contributed by atoms with van der Waals surface area (Å²) in [5, 5.41) is 0. The molecule has 1 aromatic carbocycles. The monoisotopic (exact) mass is 348 g/mol. The van der Waals surface area contributed by atoms with Gasteiger partial charge in [-0.3, -0.25) is 4.79 Å². The number of carbonyl (C=O) groups is 1. The van der Waals surface area contributed by atoms with Crippen LogP contribution in [0.5, 0.6) is 5.75 Å². The van der Waals surface area contributed by atoms with E-state index >= 15 is 0 Å². The van der Waals surface area contributed by atoms with Gasteiger partial charge in [-0.25, -0.2) is 0 Å². The van der Waals surface area contributed by atoms with Crippen molar-refractivity contribution in [2.45, 2.75) is 45.8 Å². The normalized spacial score (nSPS) is 17.5. The molecule has 0 amide bonds. The third-order valence-corrected chi connectivity index (χ3v) is 3.88. The van der Waals surface area contributed by atoms with E-state index < -0.39 is 0 Å². The van der Waals surface area contributed by atoms with E-state index in [1.807, 2.05) is 51.1 Å². The Kier molecular flexibility index (Phi) is 7.95. The third-order valence-electron chi connectivity index (χ3n) is 3.88.